The third-order valence-corrected chi connectivity index (χ3v) is 4.15. The summed E-state index contributed by atoms with van der Waals surface area (Å²) < 4.78 is -0.518. The van der Waals surface area contributed by atoms with Crippen molar-refractivity contribution < 1.29 is 0 Å². The first-order valence-corrected chi connectivity index (χ1v) is 6.09. The molecule has 0 bridgehead atoms. The molecule has 1 rings (SSSR count). The monoisotopic (exact) mass is 223 g/mol. The molecule has 1 aliphatic heterocycles. The van der Waals surface area contributed by atoms with Crippen LogP contribution in [0.2, 0.25) is 0 Å². The highest BCUT2D eigenvalue weighted by Crippen LogP contribution is 2.42. The summed E-state index contributed by atoms with van der Waals surface area (Å²) in [6.07, 6.45) is 3.35. The lowest BCUT2D eigenvalue weighted by Crippen LogP contribution is -2.57. The predicted molar refractivity (Wildman–Crippen MR) is 71.5 cm³/mol. The molecule has 0 saturated carbocycles. The van der Waals surface area contributed by atoms with E-state index in [1.165, 1.54) is 5.57 Å². The highest BCUT2D eigenvalue weighted by Gasteiger charge is 2.41. The SMILES string of the molecule is [B]C(C)(S)N1CC/C(=C\C)C(C)(C)C1C. The molecule has 1 fully saturated rings. The number of thiol groups is 1. The maximum atomic E-state index is 6.08. The van der Waals surface area contributed by atoms with Crippen LogP contribution in [0.1, 0.15) is 41.0 Å². The van der Waals surface area contributed by atoms with Crippen LogP contribution in [0, 0.1) is 5.41 Å². The zero-order chi connectivity index (χ0) is 11.9. The maximum absolute atomic E-state index is 6.08. The Morgan fingerprint density at radius 2 is 2.13 bits per heavy atom. The summed E-state index contributed by atoms with van der Waals surface area (Å²) in [5.41, 5.74) is 1.72. The van der Waals surface area contributed by atoms with E-state index in [1.807, 2.05) is 6.92 Å². The van der Waals surface area contributed by atoms with Gasteiger partial charge in [0.25, 0.3) is 0 Å². The van der Waals surface area contributed by atoms with Crippen LogP contribution in [0.4, 0.5) is 0 Å². The molecule has 84 valence electrons. The van der Waals surface area contributed by atoms with Gasteiger partial charge in [-0.3, -0.25) is 4.90 Å². The van der Waals surface area contributed by atoms with Gasteiger partial charge in [0.2, 0.25) is 0 Å². The average Bonchev–Trinajstić information content (AvgIpc) is 2.07. The standard InChI is InChI=1S/C12H22BNS/c1-6-10-7-8-14(12(5,13)15)9(2)11(10,3)4/h6,9,15H,7-8H2,1-5H3/b10-6+. The van der Waals surface area contributed by atoms with E-state index >= 15 is 0 Å². The van der Waals surface area contributed by atoms with Gasteiger partial charge in [0, 0.05) is 22.8 Å². The number of rotatable bonds is 1. The summed E-state index contributed by atoms with van der Waals surface area (Å²) in [7, 11) is 6.08. The van der Waals surface area contributed by atoms with Crippen molar-refractivity contribution in [2.75, 3.05) is 6.54 Å². The van der Waals surface area contributed by atoms with E-state index in [0.29, 0.717) is 6.04 Å². The quantitative estimate of drug-likeness (QED) is 0.406. The Hall–Kier alpha value is 0.115. The third kappa shape index (κ3) is 2.44. The molecular weight excluding hydrogens is 201 g/mol. The van der Waals surface area contributed by atoms with E-state index in [-0.39, 0.29) is 5.41 Å². The molecule has 0 aliphatic carbocycles. The summed E-state index contributed by atoms with van der Waals surface area (Å²) in [5, 5.41) is 0. The van der Waals surface area contributed by atoms with Gasteiger partial charge in [-0.2, -0.15) is 12.6 Å². The second-order valence-electron chi connectivity index (χ2n) is 5.25. The first-order chi connectivity index (χ1) is 6.71. The Balaban J connectivity index is 2.97. The van der Waals surface area contributed by atoms with Crippen molar-refractivity contribution in [2.45, 2.75) is 51.9 Å². The van der Waals surface area contributed by atoms with Crippen molar-refractivity contribution in [2.24, 2.45) is 5.41 Å². The Labute approximate surface area is 101 Å². The van der Waals surface area contributed by atoms with E-state index in [4.69, 9.17) is 7.85 Å². The smallest absolute Gasteiger partial charge is 0.110 e. The van der Waals surface area contributed by atoms with Crippen molar-refractivity contribution in [1.82, 2.24) is 4.90 Å². The number of hydrogen-bond donors (Lipinski definition) is 1. The first-order valence-electron chi connectivity index (χ1n) is 5.65. The largest absolute Gasteiger partial charge is 0.294 e. The minimum absolute atomic E-state index is 0.191. The lowest BCUT2D eigenvalue weighted by Gasteiger charge is -2.52. The number of likely N-dealkylation sites (tertiary alicyclic amines) is 1. The molecule has 2 radical (unpaired) electrons. The summed E-state index contributed by atoms with van der Waals surface area (Å²) in [6.45, 7) is 11.9. The minimum atomic E-state index is -0.518. The zero-order valence-electron chi connectivity index (χ0n) is 10.5. The van der Waals surface area contributed by atoms with Gasteiger partial charge in [-0.25, -0.2) is 0 Å². The van der Waals surface area contributed by atoms with Crippen LogP contribution in [-0.4, -0.2) is 30.1 Å². The van der Waals surface area contributed by atoms with Gasteiger partial charge < -0.3 is 0 Å². The zero-order valence-corrected chi connectivity index (χ0v) is 11.4. The lowest BCUT2D eigenvalue weighted by atomic mass is 9.71. The summed E-state index contributed by atoms with van der Waals surface area (Å²) in [6, 6.07) is 0.421. The van der Waals surface area contributed by atoms with Crippen LogP contribution in [0.3, 0.4) is 0 Å². The van der Waals surface area contributed by atoms with E-state index in [1.54, 1.807) is 0 Å². The summed E-state index contributed by atoms with van der Waals surface area (Å²) >= 11 is 4.48. The van der Waals surface area contributed by atoms with Gasteiger partial charge in [-0.05, 0) is 27.2 Å². The van der Waals surface area contributed by atoms with E-state index in [0.717, 1.165) is 13.0 Å². The molecule has 0 spiro atoms. The second kappa shape index (κ2) is 4.17. The van der Waals surface area contributed by atoms with Crippen LogP contribution in [0.25, 0.3) is 0 Å². The number of hydrogen-bond acceptors (Lipinski definition) is 2. The Morgan fingerprint density at radius 1 is 1.60 bits per heavy atom. The third-order valence-electron chi connectivity index (χ3n) is 3.89. The number of nitrogens with zero attached hydrogens (tertiary/aromatic N) is 1. The average molecular weight is 223 g/mol. The molecule has 0 aromatic heterocycles. The van der Waals surface area contributed by atoms with Gasteiger partial charge in [-0.15, -0.1) is 0 Å². The minimum Gasteiger partial charge on any atom is -0.294 e. The van der Waals surface area contributed by atoms with Crippen molar-refractivity contribution in [1.29, 1.82) is 0 Å². The van der Waals surface area contributed by atoms with Gasteiger partial charge >= 0.3 is 0 Å². The molecule has 2 atom stereocenters. The maximum Gasteiger partial charge on any atom is 0.110 e. The van der Waals surface area contributed by atoms with Crippen molar-refractivity contribution in [3.8, 4) is 0 Å². The molecule has 1 saturated heterocycles. The second-order valence-corrected chi connectivity index (χ2v) is 6.15. The van der Waals surface area contributed by atoms with Gasteiger partial charge in [-0.1, -0.05) is 25.5 Å². The molecule has 0 amide bonds. The molecular formula is C12H22BNS. The first kappa shape index (κ1) is 13.2. The Kier molecular flexibility index (Phi) is 3.67. The van der Waals surface area contributed by atoms with Crippen LogP contribution < -0.4 is 0 Å². The molecule has 0 aromatic carbocycles. The highest BCUT2D eigenvalue weighted by atomic mass is 32.1. The molecule has 15 heavy (non-hydrogen) atoms. The molecule has 0 N–H and O–H groups in total. The molecule has 1 aliphatic rings. The summed E-state index contributed by atoms with van der Waals surface area (Å²) in [5.74, 6) is 0. The molecule has 2 unspecified atom stereocenters. The number of piperidine rings is 1. The normalized spacial score (nSPS) is 34.0. The Morgan fingerprint density at radius 3 is 2.53 bits per heavy atom. The lowest BCUT2D eigenvalue weighted by molar-refractivity contribution is 0.0734. The Bertz CT molecular complexity index is 265. The molecule has 1 heterocycles. The van der Waals surface area contributed by atoms with Crippen LogP contribution >= 0.6 is 12.6 Å². The van der Waals surface area contributed by atoms with E-state index < -0.39 is 4.77 Å². The van der Waals surface area contributed by atoms with Crippen LogP contribution in [0.15, 0.2) is 11.6 Å². The van der Waals surface area contributed by atoms with Crippen molar-refractivity contribution in [3.63, 3.8) is 0 Å². The molecule has 0 aromatic rings. The molecule has 3 heteroatoms. The fourth-order valence-electron chi connectivity index (χ4n) is 2.55. The predicted octanol–water partition coefficient (Wildman–Crippen LogP) is 2.83. The topological polar surface area (TPSA) is 3.24 Å². The van der Waals surface area contributed by atoms with Crippen LogP contribution in [-0.2, 0) is 0 Å². The fourth-order valence-corrected chi connectivity index (χ4v) is 2.82. The van der Waals surface area contributed by atoms with Crippen molar-refractivity contribution in [3.05, 3.63) is 11.6 Å². The summed E-state index contributed by atoms with van der Waals surface area (Å²) in [4.78, 5) is 2.28. The fraction of sp³-hybridized carbons (Fsp3) is 0.833. The van der Waals surface area contributed by atoms with Crippen LogP contribution in [0.5, 0.6) is 0 Å². The van der Waals surface area contributed by atoms with Gasteiger partial charge in [0.05, 0.1) is 0 Å². The molecule has 1 nitrogen and oxygen atoms in total. The van der Waals surface area contributed by atoms with Crippen molar-refractivity contribution >= 4 is 20.5 Å². The highest BCUT2D eigenvalue weighted by molar-refractivity contribution is 7.83. The van der Waals surface area contributed by atoms with E-state index in [2.05, 4.69) is 51.3 Å². The van der Waals surface area contributed by atoms with E-state index in [9.17, 15) is 0 Å². The van der Waals surface area contributed by atoms with Gasteiger partial charge in [0.15, 0.2) is 0 Å². The van der Waals surface area contributed by atoms with Gasteiger partial charge in [0.1, 0.15) is 7.85 Å². The number of allylic oxidation sites excluding steroid dienone is 1.